The molecule has 0 saturated carbocycles. The van der Waals surface area contributed by atoms with E-state index in [1.807, 2.05) is 6.92 Å². The van der Waals surface area contributed by atoms with E-state index in [1.54, 1.807) is 0 Å². The van der Waals surface area contributed by atoms with E-state index in [-0.39, 0.29) is 83.4 Å². The van der Waals surface area contributed by atoms with Gasteiger partial charge >= 0.3 is 0 Å². The van der Waals surface area contributed by atoms with Crippen LogP contribution < -0.4 is 60.2 Å². The molecule has 20 nitrogen and oxygen atoms in total. The van der Waals surface area contributed by atoms with Gasteiger partial charge in [0.25, 0.3) is 0 Å². The molecule has 1 aromatic carbocycles. The normalized spacial score (nSPS) is 21.9. The summed E-state index contributed by atoms with van der Waals surface area (Å²) in [6, 6.07) is -2.52. The van der Waals surface area contributed by atoms with Crippen LogP contribution in [0.15, 0.2) is 29.3 Å². The van der Waals surface area contributed by atoms with Gasteiger partial charge in [-0.05, 0) is 69.2 Å². The van der Waals surface area contributed by atoms with Gasteiger partial charge < -0.3 is 60.2 Å². The monoisotopic (exact) mass is 818 g/mol. The Kier molecular flexibility index (Phi) is 21.2. The van der Waals surface area contributed by atoms with E-state index in [9.17, 15) is 42.7 Å². The number of hydrogen-bond donors (Lipinski definition) is 11. The van der Waals surface area contributed by atoms with E-state index in [4.69, 9.17) is 22.9 Å². The molecule has 322 valence electrons. The van der Waals surface area contributed by atoms with Crippen molar-refractivity contribution in [3.63, 3.8) is 0 Å². The lowest BCUT2D eigenvalue weighted by molar-refractivity contribution is -0.135. The molecule has 1 aliphatic rings. The lowest BCUT2D eigenvalue weighted by Gasteiger charge is -2.27. The van der Waals surface area contributed by atoms with Crippen molar-refractivity contribution < 1.29 is 42.7 Å². The molecule has 8 amide bonds. The van der Waals surface area contributed by atoms with Gasteiger partial charge in [-0.3, -0.25) is 43.3 Å². The molecule has 58 heavy (non-hydrogen) atoms. The topological polar surface area (TPSA) is 337 Å². The highest BCUT2D eigenvalue weighted by Gasteiger charge is 2.33. The zero-order chi connectivity index (χ0) is 43.2. The molecular formula is C37H59FN12O8. The zero-order valence-electron chi connectivity index (χ0n) is 33.1. The van der Waals surface area contributed by atoms with Gasteiger partial charge in [0.05, 0.1) is 0 Å². The van der Waals surface area contributed by atoms with Crippen molar-refractivity contribution in [2.24, 2.45) is 27.9 Å². The Hall–Kier alpha value is -5.86. The predicted molar refractivity (Wildman–Crippen MR) is 211 cm³/mol. The summed E-state index contributed by atoms with van der Waals surface area (Å²) in [5.74, 6) is -6.71. The Labute approximate surface area is 336 Å². The number of nitrogens with one attached hydrogen (secondary N) is 7. The van der Waals surface area contributed by atoms with Gasteiger partial charge in [-0.25, -0.2) is 4.39 Å². The van der Waals surface area contributed by atoms with Crippen LogP contribution in [0.2, 0.25) is 0 Å². The summed E-state index contributed by atoms with van der Waals surface area (Å²) < 4.78 is 13.8. The van der Waals surface area contributed by atoms with E-state index in [2.05, 4.69) is 42.2 Å². The van der Waals surface area contributed by atoms with Crippen LogP contribution in [0.25, 0.3) is 0 Å². The molecule has 1 fully saturated rings. The standard InChI is InChI=1S/C37H59FN12O8/c1-3-4-7-25(45-21(2)51)32(54)49-28-14-15-30(52)43-19-16-24(31(40)53)46-33(55)27(9-6-18-44-37(41)42)48-36(58)29(20-22-10-12-23(38)13-11-22)50-34(56)26(8-5-17-39)47-35(28)57/h10-13,24-29H,3-9,14-20,39H2,1-2H3,(H2,40,53)(H,43,52)(H,45,51)(H,46,55)(H,47,57)(H,48,58)(H,49,54)(H,50,56)(H4,41,42,44)/t24-,25-,26-,27-,28-,29?/m0/s1. The highest BCUT2D eigenvalue weighted by molar-refractivity contribution is 5.97. The van der Waals surface area contributed by atoms with Gasteiger partial charge in [-0.1, -0.05) is 31.9 Å². The van der Waals surface area contributed by atoms with Crippen LogP contribution in [-0.2, 0) is 44.8 Å². The molecule has 2 rings (SSSR count). The van der Waals surface area contributed by atoms with Crippen molar-refractivity contribution in [2.45, 2.75) is 121 Å². The highest BCUT2D eigenvalue weighted by Crippen LogP contribution is 2.11. The van der Waals surface area contributed by atoms with Crippen LogP contribution in [0.3, 0.4) is 0 Å². The number of primary amides is 1. The molecule has 1 unspecified atom stereocenters. The number of hydrogen-bond acceptors (Lipinski definition) is 10. The molecule has 1 saturated heterocycles. The lowest BCUT2D eigenvalue weighted by atomic mass is 10.0. The number of halogens is 1. The minimum absolute atomic E-state index is 0.00451. The Balaban J connectivity index is 2.59. The summed E-state index contributed by atoms with van der Waals surface area (Å²) in [4.78, 5) is 110. The van der Waals surface area contributed by atoms with Crippen molar-refractivity contribution in [3.8, 4) is 0 Å². The Bertz CT molecular complexity index is 1610. The molecular weight excluding hydrogens is 759 g/mol. The van der Waals surface area contributed by atoms with Crippen LogP contribution in [0, 0.1) is 5.82 Å². The van der Waals surface area contributed by atoms with Gasteiger partial charge in [0.15, 0.2) is 5.96 Å². The van der Waals surface area contributed by atoms with Crippen molar-refractivity contribution in [3.05, 3.63) is 35.6 Å². The average Bonchev–Trinajstić information content (AvgIpc) is 3.16. The molecule has 0 radical (unpaired) electrons. The highest BCUT2D eigenvalue weighted by atomic mass is 19.1. The number of guanidine groups is 1. The second-order valence-corrected chi connectivity index (χ2v) is 14.0. The first-order valence-corrected chi connectivity index (χ1v) is 19.4. The first kappa shape index (κ1) is 48.3. The summed E-state index contributed by atoms with van der Waals surface area (Å²) in [5.41, 5.74) is 22.6. The third-order valence-electron chi connectivity index (χ3n) is 9.14. The molecule has 0 aliphatic carbocycles. The fourth-order valence-electron chi connectivity index (χ4n) is 5.99. The smallest absolute Gasteiger partial charge is 0.243 e. The summed E-state index contributed by atoms with van der Waals surface area (Å²) in [5, 5.41) is 18.2. The fraction of sp³-hybridized carbons (Fsp3) is 0.595. The minimum atomic E-state index is -1.40. The van der Waals surface area contributed by atoms with E-state index in [1.165, 1.54) is 31.2 Å². The van der Waals surface area contributed by atoms with Crippen LogP contribution in [0.5, 0.6) is 0 Å². The summed E-state index contributed by atoms with van der Waals surface area (Å²) >= 11 is 0. The van der Waals surface area contributed by atoms with Gasteiger partial charge in [0, 0.05) is 32.9 Å². The fourth-order valence-corrected chi connectivity index (χ4v) is 5.99. The van der Waals surface area contributed by atoms with Crippen LogP contribution in [0.4, 0.5) is 4.39 Å². The maximum absolute atomic E-state index is 14.0. The van der Waals surface area contributed by atoms with E-state index in [0.29, 0.717) is 18.4 Å². The maximum atomic E-state index is 14.0. The Morgan fingerprint density at radius 1 is 0.845 bits per heavy atom. The summed E-state index contributed by atoms with van der Waals surface area (Å²) in [6.07, 6.45) is 1.08. The largest absolute Gasteiger partial charge is 0.370 e. The van der Waals surface area contributed by atoms with Crippen molar-refractivity contribution >= 4 is 53.2 Å². The first-order chi connectivity index (χ1) is 27.5. The summed E-state index contributed by atoms with van der Waals surface area (Å²) in [6.45, 7) is 3.21. The van der Waals surface area contributed by atoms with E-state index >= 15 is 0 Å². The van der Waals surface area contributed by atoms with Gasteiger partial charge in [0.1, 0.15) is 42.1 Å². The molecule has 15 N–H and O–H groups in total. The molecule has 1 aromatic rings. The number of amides is 8. The van der Waals surface area contributed by atoms with Gasteiger partial charge in [0.2, 0.25) is 47.3 Å². The molecule has 0 bridgehead atoms. The van der Waals surface area contributed by atoms with Gasteiger partial charge in [-0.2, -0.15) is 0 Å². The average molecular weight is 819 g/mol. The predicted octanol–water partition coefficient (Wildman–Crippen LogP) is -2.94. The molecule has 6 atom stereocenters. The third-order valence-corrected chi connectivity index (χ3v) is 9.14. The second kappa shape index (κ2) is 25.4. The summed E-state index contributed by atoms with van der Waals surface area (Å²) in [7, 11) is 0. The second-order valence-electron chi connectivity index (χ2n) is 14.0. The van der Waals surface area contributed by atoms with E-state index < -0.39 is 89.3 Å². The number of rotatable bonds is 16. The van der Waals surface area contributed by atoms with Crippen molar-refractivity contribution in [2.75, 3.05) is 19.6 Å². The number of carbonyl (C=O) groups is 8. The number of carbonyl (C=O) groups excluding carboxylic acids is 8. The third kappa shape index (κ3) is 17.9. The SMILES string of the molecule is CCCC[C@H](NC(C)=O)C(=O)N[C@H]1CCC(=O)NCC[C@@H](C(N)=O)NC(=O)[C@H](CCCN=C(N)N)NC(=O)C(Cc2ccc(F)cc2)NC(=O)[C@H](CCCN)NC1=O. The first-order valence-electron chi connectivity index (χ1n) is 19.4. The lowest BCUT2D eigenvalue weighted by Crippen LogP contribution is -2.60. The zero-order valence-corrected chi connectivity index (χ0v) is 33.1. The molecule has 0 spiro atoms. The van der Waals surface area contributed by atoms with Crippen LogP contribution >= 0.6 is 0 Å². The minimum Gasteiger partial charge on any atom is -0.370 e. The molecule has 1 aliphatic heterocycles. The van der Waals surface area contributed by atoms with Gasteiger partial charge in [-0.15, -0.1) is 0 Å². The Morgan fingerprint density at radius 3 is 2.05 bits per heavy atom. The van der Waals surface area contributed by atoms with Crippen molar-refractivity contribution in [1.82, 2.24) is 37.2 Å². The molecule has 0 aromatic heterocycles. The molecule has 21 heteroatoms. The van der Waals surface area contributed by atoms with Crippen LogP contribution in [0.1, 0.15) is 83.6 Å². The number of aliphatic imine (C=N–C) groups is 1. The number of nitrogens with two attached hydrogens (primary N) is 4. The van der Waals surface area contributed by atoms with Crippen molar-refractivity contribution in [1.29, 1.82) is 0 Å². The molecule has 1 heterocycles. The van der Waals surface area contributed by atoms with Crippen LogP contribution in [-0.4, -0.2) is 109 Å². The Morgan fingerprint density at radius 2 is 1.45 bits per heavy atom. The maximum Gasteiger partial charge on any atom is 0.243 e. The quantitative estimate of drug-likeness (QED) is 0.0456. The number of benzene rings is 1. The number of nitrogens with zero attached hydrogens (tertiary/aromatic N) is 1. The van der Waals surface area contributed by atoms with E-state index in [0.717, 1.165) is 0 Å². The number of unbranched alkanes of at least 4 members (excludes halogenated alkanes) is 1.